The molecule has 1 atom stereocenters. The summed E-state index contributed by atoms with van der Waals surface area (Å²) in [6.07, 6.45) is 3.62. The van der Waals surface area contributed by atoms with E-state index in [1.165, 1.54) is 6.26 Å². The predicted molar refractivity (Wildman–Crippen MR) is 113 cm³/mol. The molecule has 0 bridgehead atoms. The Morgan fingerprint density at radius 3 is 2.48 bits per heavy atom. The van der Waals surface area contributed by atoms with E-state index in [4.69, 9.17) is 4.74 Å². The van der Waals surface area contributed by atoms with Gasteiger partial charge in [-0.05, 0) is 32.8 Å². The van der Waals surface area contributed by atoms with Crippen molar-refractivity contribution in [2.45, 2.75) is 45.9 Å². The molecule has 0 fully saturated rings. The summed E-state index contributed by atoms with van der Waals surface area (Å²) in [6.45, 7) is 6.40. The second-order valence-corrected chi connectivity index (χ2v) is 8.32. The molecule has 0 aromatic carbocycles. The van der Waals surface area contributed by atoms with Crippen LogP contribution in [0.25, 0.3) is 0 Å². The molecule has 25 heavy (non-hydrogen) atoms. The van der Waals surface area contributed by atoms with Crippen LogP contribution < -0.4 is 15.4 Å². The standard InChI is InChI=1S/C16H28N4O3S.HI/c1-12(2)23-15-7-6-14(10-18-15)11-19-16(17-4)20-13(3)8-9-24(5,21)22;/h6-7,10,12-13H,8-9,11H2,1-5H3,(H2,17,19,20);1H. The van der Waals surface area contributed by atoms with Crippen molar-refractivity contribution < 1.29 is 13.2 Å². The van der Waals surface area contributed by atoms with Crippen LogP contribution in [0.1, 0.15) is 32.8 Å². The van der Waals surface area contributed by atoms with Crippen molar-refractivity contribution in [2.24, 2.45) is 4.99 Å². The average molecular weight is 484 g/mol. The largest absolute Gasteiger partial charge is 0.475 e. The number of hydrogen-bond donors (Lipinski definition) is 2. The number of guanidine groups is 1. The summed E-state index contributed by atoms with van der Waals surface area (Å²) >= 11 is 0. The van der Waals surface area contributed by atoms with Crippen LogP contribution in [0.3, 0.4) is 0 Å². The summed E-state index contributed by atoms with van der Waals surface area (Å²) in [6, 6.07) is 3.78. The minimum absolute atomic E-state index is 0. The molecule has 0 aliphatic rings. The molecule has 7 nitrogen and oxygen atoms in total. The minimum Gasteiger partial charge on any atom is -0.475 e. The Bertz CT molecular complexity index is 633. The number of nitrogens with one attached hydrogen (secondary N) is 2. The number of aromatic nitrogens is 1. The topological polar surface area (TPSA) is 92.7 Å². The lowest BCUT2D eigenvalue weighted by atomic mass is 10.2. The molecule has 2 N–H and O–H groups in total. The van der Waals surface area contributed by atoms with E-state index in [0.29, 0.717) is 24.8 Å². The Labute approximate surface area is 168 Å². The van der Waals surface area contributed by atoms with E-state index in [2.05, 4.69) is 20.6 Å². The van der Waals surface area contributed by atoms with Crippen LogP contribution in [0, 0.1) is 0 Å². The third-order valence-electron chi connectivity index (χ3n) is 3.14. The van der Waals surface area contributed by atoms with Crippen LogP contribution in [-0.4, -0.2) is 50.6 Å². The number of nitrogens with zero attached hydrogens (tertiary/aromatic N) is 2. The van der Waals surface area contributed by atoms with Crippen LogP contribution in [0.4, 0.5) is 0 Å². The number of sulfone groups is 1. The van der Waals surface area contributed by atoms with Crippen LogP contribution in [-0.2, 0) is 16.4 Å². The molecule has 1 heterocycles. The van der Waals surface area contributed by atoms with Crippen molar-refractivity contribution >= 4 is 39.8 Å². The molecule has 0 radical (unpaired) electrons. The first-order valence-corrected chi connectivity index (χ1v) is 10.0. The van der Waals surface area contributed by atoms with Gasteiger partial charge < -0.3 is 15.4 Å². The summed E-state index contributed by atoms with van der Waals surface area (Å²) in [7, 11) is -1.27. The molecule has 9 heteroatoms. The Morgan fingerprint density at radius 1 is 1.32 bits per heavy atom. The summed E-state index contributed by atoms with van der Waals surface area (Å²) in [5.74, 6) is 1.38. The third kappa shape index (κ3) is 11.2. The first kappa shape index (κ1) is 23.9. The van der Waals surface area contributed by atoms with Crippen molar-refractivity contribution in [3.63, 3.8) is 0 Å². The molecule has 0 aliphatic carbocycles. The van der Waals surface area contributed by atoms with Crippen LogP contribution in [0.5, 0.6) is 5.88 Å². The summed E-state index contributed by atoms with van der Waals surface area (Å²) in [5, 5.41) is 6.36. The summed E-state index contributed by atoms with van der Waals surface area (Å²) in [5.41, 5.74) is 0.998. The van der Waals surface area contributed by atoms with Crippen molar-refractivity contribution in [3.05, 3.63) is 23.9 Å². The lowest BCUT2D eigenvalue weighted by Crippen LogP contribution is -2.42. The lowest BCUT2D eigenvalue weighted by Gasteiger charge is -2.17. The van der Waals surface area contributed by atoms with Gasteiger partial charge in [0.25, 0.3) is 0 Å². The van der Waals surface area contributed by atoms with Gasteiger partial charge in [-0.1, -0.05) is 6.07 Å². The highest BCUT2D eigenvalue weighted by Gasteiger charge is 2.09. The highest BCUT2D eigenvalue weighted by atomic mass is 127. The average Bonchev–Trinajstić information content (AvgIpc) is 2.49. The number of pyridine rings is 1. The second kappa shape index (κ2) is 11.5. The van der Waals surface area contributed by atoms with Gasteiger partial charge in [-0.25, -0.2) is 13.4 Å². The molecule has 1 unspecified atom stereocenters. The van der Waals surface area contributed by atoms with E-state index in [0.717, 1.165) is 5.56 Å². The predicted octanol–water partition coefficient (Wildman–Crippen LogP) is 1.98. The zero-order chi connectivity index (χ0) is 18.2. The smallest absolute Gasteiger partial charge is 0.213 e. The monoisotopic (exact) mass is 484 g/mol. The quantitative estimate of drug-likeness (QED) is 0.333. The van der Waals surface area contributed by atoms with Gasteiger partial charge in [-0.15, -0.1) is 24.0 Å². The zero-order valence-corrected chi connectivity index (χ0v) is 18.6. The molecule has 0 spiro atoms. The number of hydrogen-bond acceptors (Lipinski definition) is 5. The second-order valence-electron chi connectivity index (χ2n) is 6.06. The number of rotatable bonds is 8. The van der Waals surface area contributed by atoms with Crippen molar-refractivity contribution in [3.8, 4) is 5.88 Å². The molecule has 0 amide bonds. The Morgan fingerprint density at radius 2 is 2.00 bits per heavy atom. The normalized spacial score (nSPS) is 13.1. The fourth-order valence-electron chi connectivity index (χ4n) is 1.90. The summed E-state index contributed by atoms with van der Waals surface area (Å²) in [4.78, 5) is 8.40. The molecule has 144 valence electrons. The van der Waals surface area contributed by atoms with Gasteiger partial charge in [0, 0.05) is 38.2 Å². The molecule has 0 aliphatic heterocycles. The molecule has 0 saturated heterocycles. The van der Waals surface area contributed by atoms with Crippen molar-refractivity contribution in [2.75, 3.05) is 19.1 Å². The van der Waals surface area contributed by atoms with Gasteiger partial charge in [-0.2, -0.15) is 0 Å². The maximum atomic E-state index is 11.2. The van der Waals surface area contributed by atoms with E-state index >= 15 is 0 Å². The highest BCUT2D eigenvalue weighted by molar-refractivity contribution is 14.0. The number of halogens is 1. The maximum absolute atomic E-state index is 11.2. The van der Waals surface area contributed by atoms with Crippen molar-refractivity contribution in [1.29, 1.82) is 0 Å². The molecular formula is C16H29IN4O3S. The van der Waals surface area contributed by atoms with Gasteiger partial charge in [0.1, 0.15) is 9.84 Å². The Kier molecular flexibility index (Phi) is 11.0. The van der Waals surface area contributed by atoms with E-state index in [-0.39, 0.29) is 41.9 Å². The van der Waals surface area contributed by atoms with Gasteiger partial charge in [-0.3, -0.25) is 4.99 Å². The first-order chi connectivity index (χ1) is 11.2. The molecule has 1 rings (SSSR count). The van der Waals surface area contributed by atoms with Crippen LogP contribution >= 0.6 is 24.0 Å². The van der Waals surface area contributed by atoms with Crippen LogP contribution in [0.2, 0.25) is 0 Å². The van der Waals surface area contributed by atoms with E-state index in [1.807, 2.05) is 32.9 Å². The Hall–Kier alpha value is -1.10. The highest BCUT2D eigenvalue weighted by Crippen LogP contribution is 2.09. The molecule has 1 aromatic rings. The van der Waals surface area contributed by atoms with E-state index in [1.54, 1.807) is 13.2 Å². The molecule has 1 aromatic heterocycles. The third-order valence-corrected chi connectivity index (χ3v) is 4.12. The SMILES string of the molecule is CN=C(NCc1ccc(OC(C)C)nc1)NC(C)CCS(C)(=O)=O.I. The number of aliphatic imine (C=N–C) groups is 1. The van der Waals surface area contributed by atoms with Gasteiger partial charge in [0.2, 0.25) is 5.88 Å². The van der Waals surface area contributed by atoms with E-state index < -0.39 is 9.84 Å². The van der Waals surface area contributed by atoms with Gasteiger partial charge in [0.05, 0.1) is 11.9 Å². The minimum atomic E-state index is -2.95. The Balaban J connectivity index is 0.00000576. The van der Waals surface area contributed by atoms with Gasteiger partial charge in [0.15, 0.2) is 5.96 Å². The maximum Gasteiger partial charge on any atom is 0.213 e. The number of ether oxygens (including phenoxy) is 1. The van der Waals surface area contributed by atoms with E-state index in [9.17, 15) is 8.42 Å². The first-order valence-electron chi connectivity index (χ1n) is 7.96. The summed E-state index contributed by atoms with van der Waals surface area (Å²) < 4.78 is 27.9. The zero-order valence-electron chi connectivity index (χ0n) is 15.4. The molecule has 0 saturated carbocycles. The van der Waals surface area contributed by atoms with Gasteiger partial charge >= 0.3 is 0 Å². The van der Waals surface area contributed by atoms with Crippen LogP contribution in [0.15, 0.2) is 23.3 Å². The fourth-order valence-corrected chi connectivity index (χ4v) is 2.69. The lowest BCUT2D eigenvalue weighted by molar-refractivity contribution is 0.232. The van der Waals surface area contributed by atoms with Crippen molar-refractivity contribution in [1.82, 2.24) is 15.6 Å². The fraction of sp³-hybridized carbons (Fsp3) is 0.625. The molecular weight excluding hydrogens is 455 g/mol.